The maximum absolute atomic E-state index is 6.20. The fourth-order valence-electron chi connectivity index (χ4n) is 3.48. The first kappa shape index (κ1) is 15.3. The first-order valence-electron chi connectivity index (χ1n) is 8.45. The van der Waals surface area contributed by atoms with Gasteiger partial charge in [0.1, 0.15) is 12.1 Å². The Balaban J connectivity index is 1.62. The topological polar surface area (TPSA) is 35.0 Å². The van der Waals surface area contributed by atoms with E-state index in [4.69, 9.17) is 4.74 Å². The van der Waals surface area contributed by atoms with Crippen LogP contribution in [0.25, 0.3) is 10.9 Å². The number of hydrogen-bond donors (Lipinski definition) is 0. The fraction of sp³-hybridized carbons (Fsp3) is 0.579. The van der Waals surface area contributed by atoms with Gasteiger partial charge in [0.15, 0.2) is 0 Å². The third-order valence-corrected chi connectivity index (χ3v) is 5.47. The summed E-state index contributed by atoms with van der Waals surface area (Å²) in [4.78, 5) is 8.33. The van der Waals surface area contributed by atoms with Crippen molar-refractivity contribution in [2.75, 3.05) is 0 Å². The van der Waals surface area contributed by atoms with Gasteiger partial charge in [-0.15, -0.1) is 0 Å². The minimum Gasteiger partial charge on any atom is -0.490 e. The fourth-order valence-corrected chi connectivity index (χ4v) is 3.48. The van der Waals surface area contributed by atoms with Crippen LogP contribution in [-0.4, -0.2) is 16.1 Å². The van der Waals surface area contributed by atoms with E-state index in [1.807, 2.05) is 18.3 Å². The summed E-state index contributed by atoms with van der Waals surface area (Å²) < 4.78 is 6.20. The zero-order valence-corrected chi connectivity index (χ0v) is 13.9. The quantitative estimate of drug-likeness (QED) is 0.796. The van der Waals surface area contributed by atoms with Crippen LogP contribution in [0.3, 0.4) is 0 Å². The van der Waals surface area contributed by atoms with Crippen molar-refractivity contribution >= 4 is 10.9 Å². The molecule has 1 heterocycles. The first-order chi connectivity index (χ1) is 10.6. The third kappa shape index (κ3) is 3.23. The lowest BCUT2D eigenvalue weighted by Gasteiger charge is -2.38. The molecule has 22 heavy (non-hydrogen) atoms. The van der Waals surface area contributed by atoms with E-state index in [0.29, 0.717) is 11.5 Å². The molecule has 1 fully saturated rings. The molecule has 1 aliphatic carbocycles. The van der Waals surface area contributed by atoms with Crippen LogP contribution in [-0.2, 0) is 0 Å². The number of ether oxygens (including phenoxy) is 1. The van der Waals surface area contributed by atoms with Crippen molar-refractivity contribution in [3.8, 4) is 5.75 Å². The zero-order valence-electron chi connectivity index (χ0n) is 13.9. The molecule has 0 bridgehead atoms. The van der Waals surface area contributed by atoms with E-state index >= 15 is 0 Å². The molecule has 0 unspecified atom stereocenters. The Labute approximate surface area is 133 Å². The highest BCUT2D eigenvalue weighted by Gasteiger charge is 2.32. The second-order valence-corrected chi connectivity index (χ2v) is 7.18. The number of fused-ring (bicyclic) bond motifs is 1. The SMILES string of the molecule is CCC(C)(C)C1CCC(Oc2ccc3ncncc3c2)CC1. The van der Waals surface area contributed by atoms with Gasteiger partial charge < -0.3 is 4.74 Å². The number of nitrogens with zero attached hydrogens (tertiary/aromatic N) is 2. The van der Waals surface area contributed by atoms with E-state index < -0.39 is 0 Å². The maximum Gasteiger partial charge on any atom is 0.120 e. The molecule has 0 N–H and O–H groups in total. The second-order valence-electron chi connectivity index (χ2n) is 7.18. The molecule has 0 saturated heterocycles. The average Bonchev–Trinajstić information content (AvgIpc) is 2.55. The summed E-state index contributed by atoms with van der Waals surface area (Å²) in [5, 5.41) is 1.04. The van der Waals surface area contributed by atoms with Gasteiger partial charge in [0, 0.05) is 11.6 Å². The molecule has 1 saturated carbocycles. The largest absolute Gasteiger partial charge is 0.490 e. The highest BCUT2D eigenvalue weighted by molar-refractivity contribution is 5.78. The molecular formula is C19H26N2O. The summed E-state index contributed by atoms with van der Waals surface area (Å²) in [5.41, 5.74) is 1.43. The summed E-state index contributed by atoms with van der Waals surface area (Å²) in [6.45, 7) is 7.12. The monoisotopic (exact) mass is 298 g/mol. The van der Waals surface area contributed by atoms with E-state index in [1.165, 1.54) is 19.3 Å². The Hall–Kier alpha value is -1.64. The lowest BCUT2D eigenvalue weighted by Crippen LogP contribution is -2.31. The molecule has 0 radical (unpaired) electrons. The molecule has 0 aliphatic heterocycles. The minimum absolute atomic E-state index is 0.353. The molecule has 3 heteroatoms. The Bertz CT molecular complexity index is 630. The molecule has 1 aliphatic rings. The van der Waals surface area contributed by atoms with Gasteiger partial charge in [-0.05, 0) is 55.2 Å². The Morgan fingerprint density at radius 3 is 2.68 bits per heavy atom. The van der Waals surface area contributed by atoms with Gasteiger partial charge in [-0.1, -0.05) is 27.2 Å². The predicted molar refractivity (Wildman–Crippen MR) is 90.0 cm³/mol. The number of hydrogen-bond acceptors (Lipinski definition) is 3. The first-order valence-corrected chi connectivity index (χ1v) is 8.45. The van der Waals surface area contributed by atoms with Crippen LogP contribution in [0.5, 0.6) is 5.75 Å². The standard InChI is InChI=1S/C19H26N2O/c1-4-19(2,3)15-5-7-16(8-6-15)22-17-9-10-18-14(11-17)12-20-13-21-18/h9-13,15-16H,4-8H2,1-3H3. The lowest BCUT2D eigenvalue weighted by molar-refractivity contribution is 0.0780. The molecule has 3 rings (SSSR count). The molecule has 1 aromatic heterocycles. The molecule has 0 spiro atoms. The molecule has 3 nitrogen and oxygen atoms in total. The molecular weight excluding hydrogens is 272 g/mol. The van der Waals surface area contributed by atoms with Crippen LogP contribution in [0.2, 0.25) is 0 Å². The molecule has 0 amide bonds. The van der Waals surface area contributed by atoms with Gasteiger partial charge in [-0.3, -0.25) is 0 Å². The highest BCUT2D eigenvalue weighted by Crippen LogP contribution is 2.41. The molecule has 2 aromatic rings. The molecule has 0 atom stereocenters. The number of aromatic nitrogens is 2. The molecule has 1 aromatic carbocycles. The van der Waals surface area contributed by atoms with Crippen LogP contribution in [0.1, 0.15) is 52.9 Å². The van der Waals surface area contributed by atoms with Gasteiger partial charge >= 0.3 is 0 Å². The van der Waals surface area contributed by atoms with Gasteiger partial charge in [-0.25, -0.2) is 9.97 Å². The van der Waals surface area contributed by atoms with E-state index in [-0.39, 0.29) is 0 Å². The van der Waals surface area contributed by atoms with E-state index in [0.717, 1.165) is 35.4 Å². The minimum atomic E-state index is 0.353. The Morgan fingerprint density at radius 2 is 1.95 bits per heavy atom. The van der Waals surface area contributed by atoms with Gasteiger partial charge in [-0.2, -0.15) is 0 Å². The third-order valence-electron chi connectivity index (χ3n) is 5.47. The summed E-state index contributed by atoms with van der Waals surface area (Å²) in [5.74, 6) is 1.78. The van der Waals surface area contributed by atoms with Crippen molar-refractivity contribution in [2.24, 2.45) is 11.3 Å². The van der Waals surface area contributed by atoms with Gasteiger partial charge in [0.2, 0.25) is 0 Å². The van der Waals surface area contributed by atoms with Crippen molar-refractivity contribution in [1.29, 1.82) is 0 Å². The van der Waals surface area contributed by atoms with Crippen molar-refractivity contribution in [1.82, 2.24) is 9.97 Å². The van der Waals surface area contributed by atoms with Crippen LogP contribution < -0.4 is 4.74 Å². The Kier molecular flexibility index (Phi) is 4.32. The normalized spacial score (nSPS) is 22.7. The number of rotatable bonds is 4. The van der Waals surface area contributed by atoms with Crippen molar-refractivity contribution in [3.05, 3.63) is 30.7 Å². The van der Waals surface area contributed by atoms with E-state index in [1.54, 1.807) is 6.33 Å². The van der Waals surface area contributed by atoms with E-state index in [2.05, 4.69) is 36.8 Å². The summed E-state index contributed by atoms with van der Waals surface area (Å²) in [6.07, 6.45) is 9.92. The smallest absolute Gasteiger partial charge is 0.120 e. The van der Waals surface area contributed by atoms with Crippen LogP contribution in [0.4, 0.5) is 0 Å². The van der Waals surface area contributed by atoms with E-state index in [9.17, 15) is 0 Å². The van der Waals surface area contributed by atoms with Crippen LogP contribution >= 0.6 is 0 Å². The summed E-state index contributed by atoms with van der Waals surface area (Å²) in [7, 11) is 0. The second kappa shape index (κ2) is 6.23. The summed E-state index contributed by atoms with van der Waals surface area (Å²) in [6, 6.07) is 6.09. The van der Waals surface area contributed by atoms with Crippen LogP contribution in [0, 0.1) is 11.3 Å². The predicted octanol–water partition coefficient (Wildman–Crippen LogP) is 5.00. The van der Waals surface area contributed by atoms with Crippen molar-refractivity contribution < 1.29 is 4.74 Å². The van der Waals surface area contributed by atoms with Gasteiger partial charge in [0.05, 0.1) is 11.6 Å². The number of benzene rings is 1. The Morgan fingerprint density at radius 1 is 1.18 bits per heavy atom. The lowest BCUT2D eigenvalue weighted by atomic mass is 9.69. The van der Waals surface area contributed by atoms with Crippen molar-refractivity contribution in [3.63, 3.8) is 0 Å². The van der Waals surface area contributed by atoms with Crippen molar-refractivity contribution in [2.45, 2.75) is 59.0 Å². The molecule has 118 valence electrons. The summed E-state index contributed by atoms with van der Waals surface area (Å²) >= 11 is 0. The maximum atomic E-state index is 6.20. The zero-order chi connectivity index (χ0) is 15.6. The van der Waals surface area contributed by atoms with Crippen LogP contribution in [0.15, 0.2) is 30.7 Å². The van der Waals surface area contributed by atoms with Gasteiger partial charge in [0.25, 0.3) is 0 Å². The highest BCUT2D eigenvalue weighted by atomic mass is 16.5. The average molecular weight is 298 g/mol.